The number of hydrogen-bond acceptors (Lipinski definition) is 5. The highest BCUT2D eigenvalue weighted by atomic mass is 19.4. The molecule has 192 valence electrons. The van der Waals surface area contributed by atoms with Crippen LogP contribution in [0, 0.1) is 12.8 Å². The number of aliphatic hydroxyl groups excluding tert-OH is 1. The third-order valence-corrected chi connectivity index (χ3v) is 6.89. The molecule has 4 unspecified atom stereocenters. The van der Waals surface area contributed by atoms with Crippen LogP contribution in [-0.4, -0.2) is 40.9 Å². The highest BCUT2D eigenvalue weighted by molar-refractivity contribution is 5.70. The number of alkyl halides is 3. The molecule has 2 saturated heterocycles. The van der Waals surface area contributed by atoms with E-state index < -0.39 is 23.4 Å². The number of halogens is 3. The molecule has 0 spiro atoms. The lowest BCUT2D eigenvalue weighted by atomic mass is 9.85. The van der Waals surface area contributed by atoms with Crippen molar-refractivity contribution in [2.24, 2.45) is 5.92 Å². The molecule has 35 heavy (non-hydrogen) atoms. The summed E-state index contributed by atoms with van der Waals surface area (Å²) in [5, 5.41) is 11.3. The summed E-state index contributed by atoms with van der Waals surface area (Å²) in [6, 6.07) is 4.86. The predicted octanol–water partition coefficient (Wildman–Crippen LogP) is 6.49. The molecule has 1 aromatic heterocycles. The van der Waals surface area contributed by atoms with Crippen LogP contribution < -0.4 is 4.74 Å². The molecule has 6 nitrogen and oxygen atoms in total. The Labute approximate surface area is 203 Å². The average molecular weight is 496 g/mol. The summed E-state index contributed by atoms with van der Waals surface area (Å²) in [6.45, 7) is 7.24. The normalized spacial score (nSPS) is 23.3. The minimum absolute atomic E-state index is 0.0331. The summed E-state index contributed by atoms with van der Waals surface area (Å²) >= 11 is 0. The van der Waals surface area contributed by atoms with Crippen LogP contribution in [0.25, 0.3) is 11.3 Å². The summed E-state index contributed by atoms with van der Waals surface area (Å²) < 4.78 is 56.3. The van der Waals surface area contributed by atoms with Gasteiger partial charge in [0.05, 0.1) is 18.2 Å². The molecule has 2 aromatic rings. The van der Waals surface area contributed by atoms with Gasteiger partial charge in [-0.2, -0.15) is 13.2 Å². The monoisotopic (exact) mass is 495 g/mol. The molecule has 0 radical (unpaired) electrons. The van der Waals surface area contributed by atoms with Gasteiger partial charge in [0, 0.05) is 18.0 Å². The fourth-order valence-corrected chi connectivity index (χ4v) is 5.35. The van der Waals surface area contributed by atoms with Crippen molar-refractivity contribution in [3.63, 3.8) is 0 Å². The number of ether oxygens (including phenoxy) is 2. The van der Waals surface area contributed by atoms with Crippen molar-refractivity contribution in [3.05, 3.63) is 41.2 Å². The first-order valence-corrected chi connectivity index (χ1v) is 11.9. The largest absolute Gasteiger partial charge is 0.496 e. The van der Waals surface area contributed by atoms with Crippen molar-refractivity contribution in [3.8, 4) is 17.1 Å². The Morgan fingerprint density at radius 3 is 2.46 bits per heavy atom. The van der Waals surface area contributed by atoms with Gasteiger partial charge in [-0.05, 0) is 83.2 Å². The van der Waals surface area contributed by atoms with Crippen molar-refractivity contribution < 1.29 is 37.0 Å². The van der Waals surface area contributed by atoms with Gasteiger partial charge in [-0.25, -0.2) is 4.79 Å². The Morgan fingerprint density at radius 1 is 1.14 bits per heavy atom. The fourth-order valence-electron chi connectivity index (χ4n) is 5.35. The average Bonchev–Trinajstić information content (AvgIpc) is 3.29. The second kappa shape index (κ2) is 9.08. The molecule has 2 bridgehead atoms. The van der Waals surface area contributed by atoms with Gasteiger partial charge in [0.1, 0.15) is 29.0 Å². The summed E-state index contributed by atoms with van der Waals surface area (Å²) in [5.74, 6) is 0.451. The summed E-state index contributed by atoms with van der Waals surface area (Å²) in [7, 11) is 1.30. The second-order valence-corrected chi connectivity index (χ2v) is 10.4. The van der Waals surface area contributed by atoms with Crippen LogP contribution in [0.2, 0.25) is 0 Å². The molecule has 9 heteroatoms. The predicted molar refractivity (Wildman–Crippen MR) is 123 cm³/mol. The van der Waals surface area contributed by atoms with Gasteiger partial charge in [0.15, 0.2) is 0 Å². The van der Waals surface area contributed by atoms with E-state index in [9.17, 15) is 23.1 Å². The van der Waals surface area contributed by atoms with Crippen molar-refractivity contribution in [2.45, 2.75) is 83.3 Å². The minimum atomic E-state index is -4.49. The number of aryl methyl sites for hydroxylation is 1. The zero-order valence-corrected chi connectivity index (χ0v) is 20.6. The maximum absolute atomic E-state index is 13.1. The number of fused-ring (bicyclic) bond motifs is 2. The van der Waals surface area contributed by atoms with Crippen LogP contribution >= 0.6 is 0 Å². The molecule has 1 amide bonds. The number of benzene rings is 1. The van der Waals surface area contributed by atoms with E-state index in [-0.39, 0.29) is 29.8 Å². The molecular weight excluding hydrogens is 463 g/mol. The molecule has 4 rings (SSSR count). The fraction of sp³-hybridized carbons (Fsp3) is 0.577. The lowest BCUT2D eigenvalue weighted by molar-refractivity contribution is -0.137. The number of furan rings is 1. The number of rotatable bonds is 4. The topological polar surface area (TPSA) is 72.1 Å². The standard InChI is InChI=1S/C26H32F3NO5/c1-14-12-21(34-23(14)18-9-6-15(26(27,28)29)13-20(18)33-5)22(31)17-10-7-16-8-11-19(17)30(16)24(32)35-25(2,3)4/h6,9,12-13,16-17,19,22,31H,7-8,10-11H2,1-5H3. The molecule has 2 aliphatic rings. The maximum atomic E-state index is 13.1. The van der Waals surface area contributed by atoms with Gasteiger partial charge in [-0.3, -0.25) is 0 Å². The van der Waals surface area contributed by atoms with Crippen LogP contribution in [0.1, 0.15) is 69.4 Å². The van der Waals surface area contributed by atoms with E-state index in [1.54, 1.807) is 17.9 Å². The third-order valence-electron chi connectivity index (χ3n) is 6.89. The Morgan fingerprint density at radius 2 is 1.83 bits per heavy atom. The van der Waals surface area contributed by atoms with Gasteiger partial charge in [0.25, 0.3) is 0 Å². The van der Waals surface area contributed by atoms with Crippen LogP contribution in [0.4, 0.5) is 18.0 Å². The van der Waals surface area contributed by atoms with Crippen molar-refractivity contribution in [2.75, 3.05) is 7.11 Å². The quantitative estimate of drug-likeness (QED) is 0.525. The zero-order valence-electron chi connectivity index (χ0n) is 20.6. The van der Waals surface area contributed by atoms with E-state index in [1.165, 1.54) is 13.2 Å². The minimum Gasteiger partial charge on any atom is -0.496 e. The zero-order chi connectivity index (χ0) is 25.7. The highest BCUT2D eigenvalue weighted by Gasteiger charge is 2.49. The van der Waals surface area contributed by atoms with Gasteiger partial charge in [-0.1, -0.05) is 0 Å². The van der Waals surface area contributed by atoms with E-state index in [0.717, 1.165) is 37.8 Å². The van der Waals surface area contributed by atoms with E-state index in [4.69, 9.17) is 13.9 Å². The first-order chi connectivity index (χ1) is 16.3. The van der Waals surface area contributed by atoms with E-state index >= 15 is 0 Å². The summed E-state index contributed by atoms with van der Waals surface area (Å²) in [4.78, 5) is 14.7. The van der Waals surface area contributed by atoms with Gasteiger partial charge >= 0.3 is 12.3 Å². The highest BCUT2D eigenvalue weighted by Crippen LogP contribution is 2.46. The number of amides is 1. The first-order valence-electron chi connectivity index (χ1n) is 11.9. The van der Waals surface area contributed by atoms with Gasteiger partial charge < -0.3 is 23.9 Å². The summed E-state index contributed by atoms with van der Waals surface area (Å²) in [5.41, 5.74) is -0.393. The van der Waals surface area contributed by atoms with E-state index in [1.807, 2.05) is 20.8 Å². The molecule has 3 heterocycles. The Hall–Kier alpha value is -2.68. The Kier molecular flexibility index (Phi) is 6.59. The molecular formula is C26H32F3NO5. The lowest BCUT2D eigenvalue weighted by Crippen LogP contribution is -2.51. The summed E-state index contributed by atoms with van der Waals surface area (Å²) in [6.07, 6.45) is -2.72. The van der Waals surface area contributed by atoms with E-state index in [2.05, 4.69) is 0 Å². The molecule has 2 fully saturated rings. The van der Waals surface area contributed by atoms with Crippen LogP contribution in [0.3, 0.4) is 0 Å². The van der Waals surface area contributed by atoms with Crippen LogP contribution in [0.5, 0.6) is 5.75 Å². The second-order valence-electron chi connectivity index (χ2n) is 10.4. The molecule has 2 aliphatic heterocycles. The number of piperidine rings is 1. The van der Waals surface area contributed by atoms with Crippen LogP contribution in [-0.2, 0) is 10.9 Å². The molecule has 4 atom stereocenters. The number of carbonyl (C=O) groups excluding carboxylic acids is 1. The van der Waals surface area contributed by atoms with Gasteiger partial charge in [-0.15, -0.1) is 0 Å². The maximum Gasteiger partial charge on any atom is 0.416 e. The number of aliphatic hydroxyl groups is 1. The first kappa shape index (κ1) is 25.4. The van der Waals surface area contributed by atoms with Crippen molar-refractivity contribution in [1.29, 1.82) is 0 Å². The number of carbonyl (C=O) groups is 1. The van der Waals surface area contributed by atoms with E-state index in [0.29, 0.717) is 22.6 Å². The molecule has 0 saturated carbocycles. The number of methoxy groups -OCH3 is 1. The smallest absolute Gasteiger partial charge is 0.416 e. The van der Waals surface area contributed by atoms with Crippen molar-refractivity contribution in [1.82, 2.24) is 4.90 Å². The molecule has 1 aromatic carbocycles. The SMILES string of the molecule is COc1cc(C(F)(F)F)ccc1-c1oc(C(O)C2CCC3CCC2N3C(=O)OC(C)(C)C)cc1C. The number of nitrogens with zero attached hydrogens (tertiary/aromatic N) is 1. The van der Waals surface area contributed by atoms with Gasteiger partial charge in [0.2, 0.25) is 0 Å². The van der Waals surface area contributed by atoms with Crippen molar-refractivity contribution >= 4 is 6.09 Å². The number of hydrogen-bond donors (Lipinski definition) is 1. The third kappa shape index (κ3) is 5.01. The lowest BCUT2D eigenvalue weighted by Gasteiger charge is -2.41. The Bertz CT molecular complexity index is 1090. The Balaban J connectivity index is 1.60. The molecule has 1 N–H and O–H groups in total. The molecule has 0 aliphatic carbocycles. The van der Waals surface area contributed by atoms with Crippen LogP contribution in [0.15, 0.2) is 28.7 Å².